The number of aromatic amines is 1. The molecular formula is C12H11N3O2. The summed E-state index contributed by atoms with van der Waals surface area (Å²) in [7, 11) is 0. The Labute approximate surface area is 97.3 Å². The van der Waals surface area contributed by atoms with Gasteiger partial charge in [0.15, 0.2) is 0 Å². The Morgan fingerprint density at radius 2 is 2.06 bits per heavy atom. The molecular weight excluding hydrogens is 218 g/mol. The van der Waals surface area contributed by atoms with Crippen LogP contribution in [0.2, 0.25) is 0 Å². The Bertz CT molecular complexity index is 632. The van der Waals surface area contributed by atoms with E-state index in [1.54, 1.807) is 12.4 Å². The van der Waals surface area contributed by atoms with Crippen molar-refractivity contribution >= 4 is 5.91 Å². The van der Waals surface area contributed by atoms with Crippen molar-refractivity contribution in [1.82, 2.24) is 9.97 Å². The van der Waals surface area contributed by atoms with Crippen LogP contribution < -0.4 is 11.3 Å². The fourth-order valence-corrected chi connectivity index (χ4v) is 1.55. The first-order valence-electron chi connectivity index (χ1n) is 5.02. The van der Waals surface area contributed by atoms with Crippen LogP contribution in [0.4, 0.5) is 0 Å². The third-order valence-electron chi connectivity index (χ3n) is 2.38. The molecule has 2 aromatic heterocycles. The van der Waals surface area contributed by atoms with Crippen LogP contribution in [-0.4, -0.2) is 15.9 Å². The maximum absolute atomic E-state index is 11.3. The number of aromatic nitrogens is 2. The zero-order chi connectivity index (χ0) is 12.4. The third-order valence-corrected chi connectivity index (χ3v) is 2.38. The number of rotatable bonds is 2. The molecule has 3 N–H and O–H groups in total. The highest BCUT2D eigenvalue weighted by atomic mass is 16.2. The summed E-state index contributed by atoms with van der Waals surface area (Å²) in [4.78, 5) is 28.9. The van der Waals surface area contributed by atoms with E-state index in [0.717, 1.165) is 11.1 Å². The lowest BCUT2D eigenvalue weighted by Crippen LogP contribution is -2.23. The summed E-state index contributed by atoms with van der Waals surface area (Å²) in [5, 5.41) is 0. The number of nitrogens with zero attached hydrogens (tertiary/aromatic N) is 1. The van der Waals surface area contributed by atoms with Gasteiger partial charge >= 0.3 is 0 Å². The summed E-state index contributed by atoms with van der Waals surface area (Å²) in [5.41, 5.74) is 7.10. The molecule has 0 fully saturated rings. The van der Waals surface area contributed by atoms with E-state index in [1.807, 2.05) is 13.0 Å². The highest BCUT2D eigenvalue weighted by Crippen LogP contribution is 2.17. The molecule has 5 nitrogen and oxygen atoms in total. The molecule has 0 atom stereocenters. The summed E-state index contributed by atoms with van der Waals surface area (Å²) in [6, 6.07) is 3.38. The van der Waals surface area contributed by atoms with Gasteiger partial charge in [-0.15, -0.1) is 0 Å². The number of hydrogen-bond acceptors (Lipinski definition) is 3. The van der Waals surface area contributed by atoms with E-state index in [4.69, 9.17) is 5.73 Å². The van der Waals surface area contributed by atoms with Crippen molar-refractivity contribution in [2.75, 3.05) is 0 Å². The summed E-state index contributed by atoms with van der Waals surface area (Å²) < 4.78 is 0. The lowest BCUT2D eigenvalue weighted by atomic mass is 10.1. The topological polar surface area (TPSA) is 88.8 Å². The van der Waals surface area contributed by atoms with Crippen molar-refractivity contribution in [3.63, 3.8) is 0 Å². The lowest BCUT2D eigenvalue weighted by molar-refractivity contribution is 0.0999. The number of H-pyrrole nitrogens is 1. The Balaban J connectivity index is 2.58. The van der Waals surface area contributed by atoms with Gasteiger partial charge in [0.05, 0.1) is 0 Å². The van der Waals surface area contributed by atoms with E-state index < -0.39 is 11.5 Å². The Morgan fingerprint density at radius 3 is 2.71 bits per heavy atom. The van der Waals surface area contributed by atoms with E-state index >= 15 is 0 Å². The van der Waals surface area contributed by atoms with Gasteiger partial charge in [0.25, 0.3) is 11.5 Å². The van der Waals surface area contributed by atoms with Crippen LogP contribution >= 0.6 is 0 Å². The van der Waals surface area contributed by atoms with Crippen LogP contribution in [0.5, 0.6) is 0 Å². The molecule has 2 aromatic rings. The van der Waals surface area contributed by atoms with Gasteiger partial charge < -0.3 is 10.7 Å². The van der Waals surface area contributed by atoms with Gasteiger partial charge in [-0.25, -0.2) is 0 Å². The molecule has 0 unspecified atom stereocenters. The Morgan fingerprint density at radius 1 is 1.29 bits per heavy atom. The number of hydrogen-bond donors (Lipinski definition) is 2. The molecule has 1 amide bonds. The molecule has 0 radical (unpaired) electrons. The average Bonchev–Trinajstić information content (AvgIpc) is 2.29. The molecule has 2 heterocycles. The number of carbonyl (C=O) groups excluding carboxylic acids is 1. The van der Waals surface area contributed by atoms with Gasteiger partial charge in [-0.05, 0) is 24.6 Å². The second-order valence-corrected chi connectivity index (χ2v) is 3.75. The van der Waals surface area contributed by atoms with Gasteiger partial charge in [-0.1, -0.05) is 0 Å². The highest BCUT2D eigenvalue weighted by Gasteiger charge is 2.08. The monoisotopic (exact) mass is 229 g/mol. The van der Waals surface area contributed by atoms with Gasteiger partial charge in [-0.2, -0.15) is 0 Å². The second-order valence-electron chi connectivity index (χ2n) is 3.75. The molecule has 0 spiro atoms. The minimum Gasteiger partial charge on any atom is -0.365 e. The van der Waals surface area contributed by atoms with Gasteiger partial charge in [0.1, 0.15) is 5.56 Å². The summed E-state index contributed by atoms with van der Waals surface area (Å²) >= 11 is 0. The fraction of sp³-hybridized carbons (Fsp3) is 0.0833. The van der Waals surface area contributed by atoms with Crippen molar-refractivity contribution in [3.8, 4) is 11.1 Å². The molecule has 0 saturated carbocycles. The van der Waals surface area contributed by atoms with Gasteiger partial charge in [-0.3, -0.25) is 14.6 Å². The van der Waals surface area contributed by atoms with E-state index in [-0.39, 0.29) is 5.56 Å². The zero-order valence-electron chi connectivity index (χ0n) is 9.23. The normalized spacial score (nSPS) is 10.2. The molecule has 0 saturated heterocycles. The third kappa shape index (κ3) is 2.23. The predicted molar refractivity (Wildman–Crippen MR) is 63.5 cm³/mol. The van der Waals surface area contributed by atoms with Crippen LogP contribution in [0.3, 0.4) is 0 Å². The van der Waals surface area contributed by atoms with Crippen LogP contribution in [0.15, 0.2) is 35.5 Å². The minimum absolute atomic E-state index is 0.0518. The predicted octanol–water partition coefficient (Wildman–Crippen LogP) is 0.844. The molecule has 5 heteroatoms. The Hall–Kier alpha value is -2.43. The minimum atomic E-state index is -0.742. The largest absolute Gasteiger partial charge is 0.365 e. The Kier molecular flexibility index (Phi) is 2.74. The van der Waals surface area contributed by atoms with Crippen LogP contribution in [0.1, 0.15) is 15.9 Å². The standard InChI is InChI=1S/C12H11N3O2/c1-7-2-8(5-14-4-7)9-3-10(11(13)16)12(17)15-6-9/h2-6H,1H3,(H2,13,16)(H,15,17). The number of aryl methyl sites for hydroxylation is 1. The number of pyridine rings is 2. The van der Waals surface area contributed by atoms with Crippen molar-refractivity contribution in [2.24, 2.45) is 5.73 Å². The fourth-order valence-electron chi connectivity index (χ4n) is 1.55. The first-order valence-corrected chi connectivity index (χ1v) is 5.02. The van der Waals surface area contributed by atoms with E-state index in [0.29, 0.717) is 5.56 Å². The van der Waals surface area contributed by atoms with Crippen molar-refractivity contribution < 1.29 is 4.79 Å². The summed E-state index contributed by atoms with van der Waals surface area (Å²) in [5.74, 6) is -0.742. The number of amides is 1. The van der Waals surface area contributed by atoms with Crippen LogP contribution in [0.25, 0.3) is 11.1 Å². The summed E-state index contributed by atoms with van der Waals surface area (Å²) in [6.45, 7) is 1.91. The van der Waals surface area contributed by atoms with Crippen molar-refractivity contribution in [1.29, 1.82) is 0 Å². The van der Waals surface area contributed by atoms with Crippen molar-refractivity contribution in [2.45, 2.75) is 6.92 Å². The number of primary amides is 1. The SMILES string of the molecule is Cc1cncc(-c2c[nH]c(=O)c(C(N)=O)c2)c1. The molecule has 0 aliphatic rings. The maximum atomic E-state index is 11.3. The quantitative estimate of drug-likeness (QED) is 0.799. The van der Waals surface area contributed by atoms with Crippen LogP contribution in [-0.2, 0) is 0 Å². The van der Waals surface area contributed by atoms with Gasteiger partial charge in [0, 0.05) is 29.7 Å². The van der Waals surface area contributed by atoms with E-state index in [2.05, 4.69) is 9.97 Å². The highest BCUT2D eigenvalue weighted by molar-refractivity contribution is 5.93. The number of nitrogens with two attached hydrogens (primary N) is 1. The average molecular weight is 229 g/mol. The molecule has 0 bridgehead atoms. The molecule has 0 aromatic carbocycles. The van der Waals surface area contributed by atoms with Gasteiger partial charge in [0.2, 0.25) is 0 Å². The first kappa shape index (κ1) is 11.1. The molecule has 2 rings (SSSR count). The maximum Gasteiger partial charge on any atom is 0.260 e. The number of carbonyl (C=O) groups is 1. The van der Waals surface area contributed by atoms with E-state index in [9.17, 15) is 9.59 Å². The van der Waals surface area contributed by atoms with Crippen molar-refractivity contribution in [3.05, 3.63) is 52.2 Å². The first-order chi connectivity index (χ1) is 8.08. The van der Waals surface area contributed by atoms with E-state index in [1.165, 1.54) is 12.3 Å². The molecule has 0 aliphatic carbocycles. The molecule has 17 heavy (non-hydrogen) atoms. The zero-order valence-corrected chi connectivity index (χ0v) is 9.23. The number of nitrogens with one attached hydrogen (secondary N) is 1. The molecule has 86 valence electrons. The second kappa shape index (κ2) is 4.21. The lowest BCUT2D eigenvalue weighted by Gasteiger charge is -2.03. The van der Waals surface area contributed by atoms with Crippen LogP contribution in [0, 0.1) is 6.92 Å². The smallest absolute Gasteiger partial charge is 0.260 e. The molecule has 0 aliphatic heterocycles. The summed E-state index contributed by atoms with van der Waals surface area (Å²) in [6.07, 6.45) is 4.92.